The van der Waals surface area contributed by atoms with Gasteiger partial charge in [-0.05, 0) is 25.5 Å². The first-order chi connectivity index (χ1) is 8.07. The number of halogens is 1. The Labute approximate surface area is 111 Å². The number of ether oxygens (including phenoxy) is 2. The number of hydrogen-bond acceptors (Lipinski definition) is 3. The lowest BCUT2D eigenvalue weighted by Gasteiger charge is -2.17. The first-order valence-corrected chi connectivity index (χ1v) is 6.62. The summed E-state index contributed by atoms with van der Waals surface area (Å²) in [6.07, 6.45) is 0.146. The van der Waals surface area contributed by atoms with Crippen molar-refractivity contribution in [3.63, 3.8) is 0 Å². The zero-order valence-electron chi connectivity index (χ0n) is 10.2. The van der Waals surface area contributed by atoms with E-state index in [-0.39, 0.29) is 6.10 Å². The average molecular weight is 300 g/mol. The van der Waals surface area contributed by atoms with Crippen LogP contribution in [0, 0.1) is 0 Å². The van der Waals surface area contributed by atoms with Gasteiger partial charge in [-0.2, -0.15) is 0 Å². The lowest BCUT2D eigenvalue weighted by molar-refractivity contribution is -0.137. The number of rotatable bonds is 4. The van der Waals surface area contributed by atoms with E-state index in [1.54, 1.807) is 0 Å². The third-order valence-corrected chi connectivity index (χ3v) is 3.49. The van der Waals surface area contributed by atoms with Crippen LogP contribution in [0.15, 0.2) is 28.7 Å². The van der Waals surface area contributed by atoms with E-state index in [4.69, 9.17) is 9.47 Å². The van der Waals surface area contributed by atoms with Crippen molar-refractivity contribution in [1.82, 2.24) is 5.32 Å². The second-order valence-electron chi connectivity index (χ2n) is 4.67. The van der Waals surface area contributed by atoms with Gasteiger partial charge in [-0.15, -0.1) is 0 Å². The topological polar surface area (TPSA) is 30.5 Å². The van der Waals surface area contributed by atoms with Gasteiger partial charge < -0.3 is 14.8 Å². The Morgan fingerprint density at radius 2 is 2.18 bits per heavy atom. The van der Waals surface area contributed by atoms with Crippen molar-refractivity contribution >= 4 is 15.9 Å². The Hall–Kier alpha value is -0.420. The van der Waals surface area contributed by atoms with E-state index >= 15 is 0 Å². The predicted molar refractivity (Wildman–Crippen MR) is 70.8 cm³/mol. The van der Waals surface area contributed by atoms with Crippen LogP contribution >= 0.6 is 15.9 Å². The molecule has 1 aliphatic rings. The van der Waals surface area contributed by atoms with Gasteiger partial charge in [0.25, 0.3) is 0 Å². The van der Waals surface area contributed by atoms with Gasteiger partial charge in [0.2, 0.25) is 0 Å². The molecule has 94 valence electrons. The summed E-state index contributed by atoms with van der Waals surface area (Å²) in [6.45, 7) is 6.20. The molecule has 1 N–H and O–H groups in total. The molecule has 1 fully saturated rings. The third kappa shape index (κ3) is 3.78. The average Bonchev–Trinajstić information content (AvgIpc) is 2.61. The Kier molecular flexibility index (Phi) is 4.20. The van der Waals surface area contributed by atoms with Crippen LogP contribution < -0.4 is 5.32 Å². The molecule has 4 heteroatoms. The van der Waals surface area contributed by atoms with Crippen molar-refractivity contribution in [3.05, 3.63) is 34.3 Å². The fourth-order valence-electron chi connectivity index (χ4n) is 1.87. The minimum absolute atomic E-state index is 0.146. The van der Waals surface area contributed by atoms with E-state index in [0.29, 0.717) is 6.61 Å². The van der Waals surface area contributed by atoms with Crippen molar-refractivity contribution in [2.45, 2.75) is 32.3 Å². The Morgan fingerprint density at radius 1 is 1.41 bits per heavy atom. The number of nitrogens with one attached hydrogen (secondary N) is 1. The normalized spacial score (nSPS) is 22.9. The van der Waals surface area contributed by atoms with Gasteiger partial charge in [0.05, 0.1) is 12.7 Å². The molecule has 1 aromatic carbocycles. The van der Waals surface area contributed by atoms with Crippen molar-refractivity contribution < 1.29 is 9.47 Å². The molecule has 0 amide bonds. The summed E-state index contributed by atoms with van der Waals surface area (Å²) >= 11 is 3.53. The van der Waals surface area contributed by atoms with Crippen LogP contribution in [0.3, 0.4) is 0 Å². The van der Waals surface area contributed by atoms with Gasteiger partial charge in [-0.1, -0.05) is 34.1 Å². The predicted octanol–water partition coefficient (Wildman–Crippen LogP) is 2.69. The highest BCUT2D eigenvalue weighted by Crippen LogP contribution is 2.22. The summed E-state index contributed by atoms with van der Waals surface area (Å²) < 4.78 is 12.4. The van der Waals surface area contributed by atoms with Crippen molar-refractivity contribution in [1.29, 1.82) is 0 Å². The molecule has 1 saturated heterocycles. The molecule has 0 aromatic heterocycles. The molecule has 0 aliphatic carbocycles. The molecule has 0 radical (unpaired) electrons. The minimum atomic E-state index is -0.431. The van der Waals surface area contributed by atoms with Gasteiger partial charge in [-0.25, -0.2) is 0 Å². The zero-order chi connectivity index (χ0) is 12.3. The molecule has 0 bridgehead atoms. The smallest absolute Gasteiger partial charge is 0.163 e. The molecule has 1 aliphatic heterocycles. The maximum Gasteiger partial charge on any atom is 0.163 e. The second kappa shape index (κ2) is 5.48. The summed E-state index contributed by atoms with van der Waals surface area (Å²) in [5, 5.41) is 3.39. The molecular formula is C13H18BrNO2. The number of hydrogen-bond donors (Lipinski definition) is 1. The highest BCUT2D eigenvalue weighted by molar-refractivity contribution is 9.10. The Bertz CT molecular complexity index is 381. The van der Waals surface area contributed by atoms with Crippen molar-refractivity contribution in [2.24, 2.45) is 0 Å². The minimum Gasteiger partial charge on any atom is -0.348 e. The molecule has 1 aromatic rings. The largest absolute Gasteiger partial charge is 0.348 e. The maximum absolute atomic E-state index is 5.72. The fraction of sp³-hybridized carbons (Fsp3) is 0.538. The van der Waals surface area contributed by atoms with Crippen molar-refractivity contribution in [3.8, 4) is 0 Å². The Balaban J connectivity index is 1.76. The quantitative estimate of drug-likeness (QED) is 0.927. The summed E-state index contributed by atoms with van der Waals surface area (Å²) in [4.78, 5) is 0. The van der Waals surface area contributed by atoms with Crippen LogP contribution in [0.2, 0.25) is 0 Å². The van der Waals surface area contributed by atoms with E-state index in [2.05, 4.69) is 33.4 Å². The van der Waals surface area contributed by atoms with Crippen LogP contribution in [0.5, 0.6) is 0 Å². The van der Waals surface area contributed by atoms with Crippen LogP contribution in [0.4, 0.5) is 0 Å². The first-order valence-electron chi connectivity index (χ1n) is 5.83. The second-order valence-corrected chi connectivity index (χ2v) is 5.53. The molecule has 0 saturated carbocycles. The summed E-state index contributed by atoms with van der Waals surface area (Å²) in [5.41, 5.74) is 1.26. The standard InChI is InChI=1S/C13H18BrNO2/c1-13(2)16-9-11(17-13)8-15-7-10-5-3-4-6-12(10)14/h3-6,11,15H,7-9H2,1-2H3. The zero-order valence-corrected chi connectivity index (χ0v) is 11.8. The first kappa shape index (κ1) is 13.0. The molecule has 2 rings (SSSR count). The summed E-state index contributed by atoms with van der Waals surface area (Å²) in [7, 11) is 0. The van der Waals surface area contributed by atoms with E-state index in [1.807, 2.05) is 26.0 Å². The lowest BCUT2D eigenvalue weighted by atomic mass is 10.2. The van der Waals surface area contributed by atoms with Gasteiger partial charge in [-0.3, -0.25) is 0 Å². The van der Waals surface area contributed by atoms with Crippen LogP contribution in [0.25, 0.3) is 0 Å². The molecule has 17 heavy (non-hydrogen) atoms. The highest BCUT2D eigenvalue weighted by atomic mass is 79.9. The van der Waals surface area contributed by atoms with Gasteiger partial charge in [0, 0.05) is 17.6 Å². The molecule has 3 nitrogen and oxygen atoms in total. The number of benzene rings is 1. The molecular weight excluding hydrogens is 282 g/mol. The monoisotopic (exact) mass is 299 g/mol. The molecule has 1 atom stereocenters. The highest BCUT2D eigenvalue weighted by Gasteiger charge is 2.32. The van der Waals surface area contributed by atoms with Gasteiger partial charge in [0.1, 0.15) is 0 Å². The van der Waals surface area contributed by atoms with Crippen LogP contribution in [-0.2, 0) is 16.0 Å². The third-order valence-electron chi connectivity index (χ3n) is 2.71. The Morgan fingerprint density at radius 3 is 2.82 bits per heavy atom. The van der Waals surface area contributed by atoms with E-state index < -0.39 is 5.79 Å². The van der Waals surface area contributed by atoms with Crippen LogP contribution in [0.1, 0.15) is 19.4 Å². The summed E-state index contributed by atoms with van der Waals surface area (Å²) in [6, 6.07) is 8.21. The van der Waals surface area contributed by atoms with E-state index in [9.17, 15) is 0 Å². The van der Waals surface area contributed by atoms with E-state index in [1.165, 1.54) is 5.56 Å². The molecule has 1 heterocycles. The van der Waals surface area contributed by atoms with Crippen molar-refractivity contribution in [2.75, 3.05) is 13.2 Å². The maximum atomic E-state index is 5.72. The van der Waals surface area contributed by atoms with E-state index in [0.717, 1.165) is 17.6 Å². The van der Waals surface area contributed by atoms with Crippen LogP contribution in [-0.4, -0.2) is 25.0 Å². The van der Waals surface area contributed by atoms with Gasteiger partial charge in [0.15, 0.2) is 5.79 Å². The summed E-state index contributed by atoms with van der Waals surface area (Å²) in [5.74, 6) is -0.431. The fourth-order valence-corrected chi connectivity index (χ4v) is 2.30. The lowest BCUT2D eigenvalue weighted by Crippen LogP contribution is -2.30. The SMILES string of the molecule is CC1(C)OCC(CNCc2ccccc2Br)O1. The van der Waals surface area contributed by atoms with Gasteiger partial charge >= 0.3 is 0 Å². The molecule has 1 unspecified atom stereocenters. The molecule has 0 spiro atoms.